The molecule has 1 heterocycles. The number of nitrogens with one attached hydrogen (secondary N) is 1. The van der Waals surface area contributed by atoms with E-state index in [2.05, 4.69) is 5.22 Å². The molecule has 0 aromatic carbocycles. The maximum atomic E-state index is 10.3. The summed E-state index contributed by atoms with van der Waals surface area (Å²) >= 11 is 0. The first-order chi connectivity index (χ1) is 3.72. The van der Waals surface area contributed by atoms with Crippen LogP contribution in [0.3, 0.4) is 0 Å². The van der Waals surface area contributed by atoms with Crippen molar-refractivity contribution in [2.45, 2.75) is 13.0 Å². The maximum absolute atomic E-state index is 10.3. The van der Waals surface area contributed by atoms with Gasteiger partial charge in [-0.2, -0.15) is 4.86 Å². The third-order valence-corrected chi connectivity index (χ3v) is 0.970. The van der Waals surface area contributed by atoms with E-state index in [1.165, 1.54) is 6.92 Å². The van der Waals surface area contributed by atoms with Gasteiger partial charge in [-0.3, -0.25) is 0 Å². The molecule has 1 amide bonds. The number of carbonyl (C=O) groups excluding carboxylic acids is 1. The van der Waals surface area contributed by atoms with Gasteiger partial charge in [0.15, 0.2) is 0 Å². The molecule has 0 bridgehead atoms. The van der Waals surface area contributed by atoms with Crippen LogP contribution in [0.2, 0.25) is 0 Å². The summed E-state index contributed by atoms with van der Waals surface area (Å²) in [5.74, 6) is -0.347. The largest absolute Gasteiger partial charge is 0.695 e. The van der Waals surface area contributed by atoms with Gasteiger partial charge in [0.25, 0.3) is 0 Å². The first-order valence-electron chi connectivity index (χ1n) is 2.18. The number of hydrogen-bond donors (Lipinski definition) is 1. The summed E-state index contributed by atoms with van der Waals surface area (Å²) in [6, 6.07) is -0.657. The lowest BCUT2D eigenvalue weighted by molar-refractivity contribution is -0.541. The molecule has 1 aliphatic heterocycles. The molecule has 0 spiro atoms. The Hall–Kier alpha value is -1.13. The van der Waals surface area contributed by atoms with Gasteiger partial charge in [0.1, 0.15) is 0 Å². The van der Waals surface area contributed by atoms with E-state index in [-0.39, 0.29) is 5.91 Å². The van der Waals surface area contributed by atoms with E-state index in [1.807, 2.05) is 5.43 Å². The minimum absolute atomic E-state index is 0.336. The topological polar surface area (TPSA) is 67.5 Å². The maximum Gasteiger partial charge on any atom is 0.374 e. The van der Waals surface area contributed by atoms with E-state index in [0.717, 1.165) is 0 Å². The zero-order chi connectivity index (χ0) is 6.15. The first kappa shape index (κ1) is 5.02. The van der Waals surface area contributed by atoms with E-state index < -0.39 is 6.04 Å². The van der Waals surface area contributed by atoms with Crippen molar-refractivity contribution >= 4 is 5.91 Å². The van der Waals surface area contributed by atoms with Crippen LogP contribution in [0.25, 0.3) is 0 Å². The van der Waals surface area contributed by atoms with Crippen LogP contribution in [-0.4, -0.2) is 16.8 Å². The third kappa shape index (κ3) is 0.518. The van der Waals surface area contributed by atoms with Crippen molar-refractivity contribution < 1.29 is 9.66 Å². The van der Waals surface area contributed by atoms with Crippen LogP contribution in [0.15, 0.2) is 5.22 Å². The smallest absolute Gasteiger partial charge is 0.374 e. The van der Waals surface area contributed by atoms with Gasteiger partial charge >= 0.3 is 5.91 Å². The van der Waals surface area contributed by atoms with E-state index in [4.69, 9.17) is 0 Å². The minimum Gasteiger partial charge on any atom is -0.695 e. The Balaban J connectivity index is 2.72. The molecule has 0 aromatic heterocycles. The summed E-state index contributed by atoms with van der Waals surface area (Å²) < 4.78 is 0. The quantitative estimate of drug-likeness (QED) is 0.337. The highest BCUT2D eigenvalue weighted by Gasteiger charge is 2.27. The highest BCUT2D eigenvalue weighted by molar-refractivity contribution is 5.80. The second kappa shape index (κ2) is 1.43. The van der Waals surface area contributed by atoms with Gasteiger partial charge in [-0.25, -0.2) is 4.79 Å². The van der Waals surface area contributed by atoms with Gasteiger partial charge in [-0.1, -0.05) is 0 Å². The highest BCUT2D eigenvalue weighted by Crippen LogP contribution is 1.95. The fourth-order valence-electron chi connectivity index (χ4n) is 0.379. The Morgan fingerprint density at radius 1 is 2.00 bits per heavy atom. The Morgan fingerprint density at radius 2 is 2.62 bits per heavy atom. The van der Waals surface area contributed by atoms with E-state index >= 15 is 0 Å². The fourth-order valence-corrected chi connectivity index (χ4v) is 0.379. The lowest BCUT2D eigenvalue weighted by Crippen LogP contribution is -2.25. The molecule has 0 saturated heterocycles. The van der Waals surface area contributed by atoms with Crippen LogP contribution in [-0.2, 0) is 4.79 Å². The van der Waals surface area contributed by atoms with Crippen LogP contribution in [0.5, 0.6) is 0 Å². The lowest BCUT2D eigenvalue weighted by atomic mass is 10.4. The zero-order valence-corrected chi connectivity index (χ0v) is 4.29. The summed E-state index contributed by atoms with van der Waals surface area (Å²) in [6.07, 6.45) is 0. The van der Waals surface area contributed by atoms with E-state index in [9.17, 15) is 10.0 Å². The standard InChI is InChI=1S/C3H5N3O2/c1-2-3(7)4-5-6(2)8/h2H,1H3,(H,4,7). The average molecular weight is 115 g/mol. The van der Waals surface area contributed by atoms with Crippen LogP contribution in [0.1, 0.15) is 6.92 Å². The van der Waals surface area contributed by atoms with Crippen molar-refractivity contribution in [2.24, 2.45) is 5.22 Å². The molecule has 0 radical (unpaired) electrons. The second-order valence-corrected chi connectivity index (χ2v) is 1.55. The Morgan fingerprint density at radius 3 is 2.75 bits per heavy atom. The molecule has 5 heteroatoms. The Bertz CT molecular complexity index is 153. The summed E-state index contributed by atoms with van der Waals surface area (Å²) in [7, 11) is 0. The molecule has 1 N–H and O–H groups in total. The Kier molecular flexibility index (Phi) is 0.896. The number of amides is 1. The van der Waals surface area contributed by atoms with Crippen molar-refractivity contribution in [3.63, 3.8) is 0 Å². The predicted molar refractivity (Wildman–Crippen MR) is 23.7 cm³/mol. The molecule has 0 saturated carbocycles. The molecule has 0 fully saturated rings. The van der Waals surface area contributed by atoms with Crippen LogP contribution < -0.4 is 5.43 Å². The lowest BCUT2D eigenvalue weighted by Gasteiger charge is -1.99. The molecule has 44 valence electrons. The number of rotatable bonds is 0. The molecule has 1 atom stereocenters. The first-order valence-corrected chi connectivity index (χ1v) is 2.18. The predicted octanol–water partition coefficient (Wildman–Crippen LogP) is -0.618. The third-order valence-electron chi connectivity index (χ3n) is 0.970. The molecule has 1 aliphatic rings. The molecular weight excluding hydrogens is 110 g/mol. The summed E-state index contributed by atoms with van der Waals surface area (Å²) in [5.41, 5.74) is 2.02. The van der Waals surface area contributed by atoms with Crippen molar-refractivity contribution in [2.75, 3.05) is 0 Å². The summed E-state index contributed by atoms with van der Waals surface area (Å²) in [5, 5.41) is 13.3. The van der Waals surface area contributed by atoms with Crippen molar-refractivity contribution in [3.05, 3.63) is 5.21 Å². The van der Waals surface area contributed by atoms with Crippen molar-refractivity contribution in [1.82, 2.24) is 5.43 Å². The zero-order valence-electron chi connectivity index (χ0n) is 4.29. The summed E-state index contributed by atoms with van der Waals surface area (Å²) in [6.45, 7) is 1.48. The van der Waals surface area contributed by atoms with Crippen molar-refractivity contribution in [1.29, 1.82) is 0 Å². The highest BCUT2D eigenvalue weighted by atomic mass is 16.5. The second-order valence-electron chi connectivity index (χ2n) is 1.55. The van der Waals surface area contributed by atoms with Gasteiger partial charge in [-0.15, -0.1) is 5.43 Å². The molecular formula is C3H5N3O2. The number of nitrogens with zero attached hydrogens (tertiary/aromatic N) is 2. The SMILES string of the molecule is CC1C(=O)NN=[N+]1[O-]. The molecule has 1 unspecified atom stereocenters. The fraction of sp³-hybridized carbons (Fsp3) is 0.667. The normalized spacial score (nSPS) is 27.4. The number of hydroxylamine groups is 1. The van der Waals surface area contributed by atoms with Gasteiger partial charge in [-0.05, 0) is 6.92 Å². The summed E-state index contributed by atoms with van der Waals surface area (Å²) in [4.78, 5) is 10.7. The molecule has 8 heavy (non-hydrogen) atoms. The van der Waals surface area contributed by atoms with Gasteiger partial charge in [0.05, 0.1) is 5.22 Å². The van der Waals surface area contributed by atoms with Gasteiger partial charge < -0.3 is 5.21 Å². The molecule has 5 nitrogen and oxygen atoms in total. The van der Waals surface area contributed by atoms with Gasteiger partial charge in [0, 0.05) is 0 Å². The minimum atomic E-state index is -0.657. The monoisotopic (exact) mass is 115 g/mol. The van der Waals surface area contributed by atoms with E-state index in [1.54, 1.807) is 0 Å². The molecule has 1 rings (SSSR count). The Labute approximate surface area is 45.5 Å². The average Bonchev–Trinajstić information content (AvgIpc) is 1.98. The van der Waals surface area contributed by atoms with Gasteiger partial charge in [0.2, 0.25) is 6.04 Å². The van der Waals surface area contributed by atoms with Crippen LogP contribution in [0, 0.1) is 5.21 Å². The number of carbonyl (C=O) groups is 1. The van der Waals surface area contributed by atoms with Crippen LogP contribution in [0.4, 0.5) is 0 Å². The molecule has 0 aliphatic carbocycles. The van der Waals surface area contributed by atoms with Crippen LogP contribution >= 0.6 is 0 Å². The molecule has 0 aromatic rings. The number of hydrogen-bond acceptors (Lipinski definition) is 3. The van der Waals surface area contributed by atoms with Crippen molar-refractivity contribution in [3.8, 4) is 0 Å². The van der Waals surface area contributed by atoms with E-state index in [0.29, 0.717) is 4.86 Å².